The Morgan fingerprint density at radius 1 is 1.00 bits per heavy atom. The Hall–Kier alpha value is -0.910. The molecule has 1 rings (SSSR count). The van der Waals surface area contributed by atoms with Gasteiger partial charge in [0.05, 0.1) is 32.8 Å². The van der Waals surface area contributed by atoms with E-state index in [1.807, 2.05) is 30.3 Å². The molecule has 4 nitrogen and oxygen atoms in total. The second-order valence-corrected chi connectivity index (χ2v) is 4.60. The molecule has 0 aromatic heterocycles. The molecule has 0 atom stereocenters. The highest BCUT2D eigenvalue weighted by atomic mass is 79.9. The normalized spacial score (nSPS) is 10.4. The minimum absolute atomic E-state index is 0.245. The van der Waals surface area contributed by atoms with Crippen LogP contribution in [0.3, 0.4) is 0 Å². The largest absolute Gasteiger partial charge is 0.461 e. The number of hydrogen-bond acceptors (Lipinski definition) is 4. The summed E-state index contributed by atoms with van der Waals surface area (Å²) in [5.74, 6) is -0.245. The van der Waals surface area contributed by atoms with E-state index in [9.17, 15) is 4.79 Å². The zero-order valence-corrected chi connectivity index (χ0v) is 12.4. The van der Waals surface area contributed by atoms with Gasteiger partial charge < -0.3 is 14.2 Å². The lowest BCUT2D eigenvalue weighted by molar-refractivity contribution is -0.146. The lowest BCUT2D eigenvalue weighted by atomic mass is 10.2. The van der Waals surface area contributed by atoms with Gasteiger partial charge >= 0.3 is 5.97 Å². The fraction of sp³-hybridized carbons (Fsp3) is 0.500. The third-order valence-corrected chi connectivity index (χ3v) is 2.61. The second kappa shape index (κ2) is 11.0. The van der Waals surface area contributed by atoms with E-state index >= 15 is 0 Å². The van der Waals surface area contributed by atoms with Crippen molar-refractivity contribution in [3.63, 3.8) is 0 Å². The van der Waals surface area contributed by atoms with Crippen LogP contribution >= 0.6 is 15.9 Å². The van der Waals surface area contributed by atoms with Crippen molar-refractivity contribution in [2.75, 3.05) is 31.8 Å². The van der Waals surface area contributed by atoms with Crippen molar-refractivity contribution >= 4 is 21.9 Å². The molecule has 0 unspecified atom stereocenters. The van der Waals surface area contributed by atoms with E-state index in [0.717, 1.165) is 10.9 Å². The van der Waals surface area contributed by atoms with E-state index in [1.165, 1.54) is 0 Å². The molecule has 0 radical (unpaired) electrons. The van der Waals surface area contributed by atoms with Crippen LogP contribution in [0.1, 0.15) is 12.0 Å². The summed E-state index contributed by atoms with van der Waals surface area (Å²) < 4.78 is 15.6. The third kappa shape index (κ3) is 8.75. The van der Waals surface area contributed by atoms with Gasteiger partial charge in [-0.15, -0.1) is 0 Å². The second-order valence-electron chi connectivity index (χ2n) is 3.81. The lowest BCUT2D eigenvalue weighted by Gasteiger charge is -2.06. The molecule has 1 aromatic carbocycles. The maximum atomic E-state index is 11.4. The zero-order chi connectivity index (χ0) is 13.8. The standard InChI is InChI=1S/C14H19BrO4/c15-7-9-18-11-10-17-8-6-14(16)19-12-13-4-2-1-3-5-13/h1-5H,6-12H2. The predicted molar refractivity (Wildman–Crippen MR) is 76.3 cm³/mol. The SMILES string of the molecule is O=C(CCOCCOCCBr)OCc1ccccc1. The summed E-state index contributed by atoms with van der Waals surface area (Å²) in [6.45, 7) is 2.39. The summed E-state index contributed by atoms with van der Waals surface area (Å²) in [5.41, 5.74) is 0.986. The fourth-order valence-electron chi connectivity index (χ4n) is 1.34. The number of alkyl halides is 1. The van der Waals surface area contributed by atoms with Gasteiger partial charge in [-0.1, -0.05) is 46.3 Å². The summed E-state index contributed by atoms with van der Waals surface area (Å²) in [7, 11) is 0. The summed E-state index contributed by atoms with van der Waals surface area (Å²) in [5, 5.41) is 0.818. The highest BCUT2D eigenvalue weighted by molar-refractivity contribution is 9.09. The van der Waals surface area contributed by atoms with Gasteiger partial charge in [0.2, 0.25) is 0 Å². The van der Waals surface area contributed by atoms with E-state index in [1.54, 1.807) is 0 Å². The number of benzene rings is 1. The topological polar surface area (TPSA) is 44.8 Å². The van der Waals surface area contributed by atoms with Crippen LogP contribution in [0.15, 0.2) is 30.3 Å². The third-order valence-electron chi connectivity index (χ3n) is 2.29. The van der Waals surface area contributed by atoms with Crippen molar-refractivity contribution in [1.82, 2.24) is 0 Å². The number of carbonyl (C=O) groups is 1. The van der Waals surface area contributed by atoms with E-state index in [2.05, 4.69) is 15.9 Å². The molecule has 0 bridgehead atoms. The summed E-state index contributed by atoms with van der Waals surface area (Å²) in [6, 6.07) is 9.60. The van der Waals surface area contributed by atoms with Gasteiger partial charge in [0.1, 0.15) is 6.61 Å². The Labute approximate surface area is 122 Å². The van der Waals surface area contributed by atoms with E-state index in [-0.39, 0.29) is 12.4 Å². The first kappa shape index (κ1) is 16.1. The summed E-state index contributed by atoms with van der Waals surface area (Å²) in [6.07, 6.45) is 0.269. The molecule has 5 heteroatoms. The quantitative estimate of drug-likeness (QED) is 0.375. The maximum Gasteiger partial charge on any atom is 0.308 e. The molecular weight excluding hydrogens is 312 g/mol. The van der Waals surface area contributed by atoms with E-state index in [0.29, 0.717) is 33.0 Å². The number of hydrogen-bond donors (Lipinski definition) is 0. The number of ether oxygens (including phenoxy) is 3. The van der Waals surface area contributed by atoms with Gasteiger partial charge in [-0.3, -0.25) is 4.79 Å². The molecule has 0 amide bonds. The number of esters is 1. The molecule has 106 valence electrons. The Bertz CT molecular complexity index is 343. The van der Waals surface area contributed by atoms with Crippen LogP contribution in [0.5, 0.6) is 0 Å². The molecule has 0 aliphatic heterocycles. The lowest BCUT2D eigenvalue weighted by Crippen LogP contribution is -2.11. The molecule has 0 aliphatic carbocycles. The van der Waals surface area contributed by atoms with Gasteiger partial charge in [-0.2, -0.15) is 0 Å². The van der Waals surface area contributed by atoms with E-state index in [4.69, 9.17) is 14.2 Å². The average Bonchev–Trinajstić information content (AvgIpc) is 2.45. The molecule has 19 heavy (non-hydrogen) atoms. The van der Waals surface area contributed by atoms with Crippen molar-refractivity contribution in [3.8, 4) is 0 Å². The van der Waals surface area contributed by atoms with Gasteiger partial charge in [0.25, 0.3) is 0 Å². The minimum Gasteiger partial charge on any atom is -0.461 e. The van der Waals surface area contributed by atoms with Crippen LogP contribution < -0.4 is 0 Å². The molecule has 0 N–H and O–H groups in total. The first-order valence-electron chi connectivity index (χ1n) is 6.24. The Kier molecular flexibility index (Phi) is 9.32. The average molecular weight is 331 g/mol. The van der Waals surface area contributed by atoms with Crippen molar-refractivity contribution in [2.24, 2.45) is 0 Å². The molecule has 0 spiro atoms. The summed E-state index contributed by atoms with van der Waals surface area (Å²) in [4.78, 5) is 11.4. The van der Waals surface area contributed by atoms with Crippen LogP contribution in [-0.4, -0.2) is 37.7 Å². The van der Waals surface area contributed by atoms with Crippen molar-refractivity contribution in [1.29, 1.82) is 0 Å². The predicted octanol–water partition coefficient (Wildman–Crippen LogP) is 2.55. The zero-order valence-electron chi connectivity index (χ0n) is 10.8. The first-order valence-corrected chi connectivity index (χ1v) is 7.36. The van der Waals surface area contributed by atoms with Gasteiger partial charge in [0.15, 0.2) is 0 Å². The minimum atomic E-state index is -0.245. The highest BCUT2D eigenvalue weighted by Crippen LogP contribution is 2.01. The Morgan fingerprint density at radius 3 is 2.37 bits per heavy atom. The number of carbonyl (C=O) groups excluding carboxylic acids is 1. The van der Waals surface area contributed by atoms with Crippen molar-refractivity contribution in [2.45, 2.75) is 13.0 Å². The molecule has 0 saturated heterocycles. The van der Waals surface area contributed by atoms with Gasteiger partial charge in [-0.05, 0) is 5.56 Å². The van der Waals surface area contributed by atoms with Gasteiger partial charge in [-0.25, -0.2) is 0 Å². The molecule has 0 saturated carbocycles. The highest BCUT2D eigenvalue weighted by Gasteiger charge is 2.03. The summed E-state index contributed by atoms with van der Waals surface area (Å²) >= 11 is 3.26. The van der Waals surface area contributed by atoms with Gasteiger partial charge in [0, 0.05) is 5.33 Å². The van der Waals surface area contributed by atoms with Crippen LogP contribution in [0.4, 0.5) is 0 Å². The monoisotopic (exact) mass is 330 g/mol. The van der Waals surface area contributed by atoms with Crippen LogP contribution in [0.2, 0.25) is 0 Å². The fourth-order valence-corrected chi connectivity index (χ4v) is 1.57. The van der Waals surface area contributed by atoms with Crippen LogP contribution in [0.25, 0.3) is 0 Å². The Morgan fingerprint density at radius 2 is 1.68 bits per heavy atom. The Balaban J connectivity index is 1.96. The van der Waals surface area contributed by atoms with Crippen LogP contribution in [0, 0.1) is 0 Å². The molecule has 0 aliphatic rings. The number of halogens is 1. The van der Waals surface area contributed by atoms with Crippen LogP contribution in [-0.2, 0) is 25.6 Å². The van der Waals surface area contributed by atoms with Crippen molar-refractivity contribution < 1.29 is 19.0 Å². The smallest absolute Gasteiger partial charge is 0.308 e. The molecule has 0 heterocycles. The molecular formula is C14H19BrO4. The molecule has 0 fully saturated rings. The van der Waals surface area contributed by atoms with E-state index < -0.39 is 0 Å². The first-order chi connectivity index (χ1) is 9.33. The number of rotatable bonds is 10. The van der Waals surface area contributed by atoms with Crippen molar-refractivity contribution in [3.05, 3.63) is 35.9 Å². The molecule has 1 aromatic rings. The maximum absolute atomic E-state index is 11.4.